The van der Waals surface area contributed by atoms with Gasteiger partial charge in [-0.2, -0.15) is 9.79 Å². The third-order valence-electron chi connectivity index (χ3n) is 1.44. The molecule has 0 aliphatic rings. The van der Waals surface area contributed by atoms with Crippen LogP contribution in [0.1, 0.15) is 13.8 Å². The van der Waals surface area contributed by atoms with Crippen LogP contribution in [0, 0.1) is 0 Å². The van der Waals surface area contributed by atoms with Crippen LogP contribution >= 0.6 is 24.7 Å². The molecule has 10 heteroatoms. The van der Waals surface area contributed by atoms with Crippen LogP contribution in [0.3, 0.4) is 0 Å². The first-order chi connectivity index (χ1) is 6.36. The Balaban J connectivity index is 0. The van der Waals surface area contributed by atoms with Gasteiger partial charge in [0.05, 0.1) is 0 Å². The first-order valence-corrected chi connectivity index (χ1v) is 8.60. The van der Waals surface area contributed by atoms with E-state index in [9.17, 15) is 9.13 Å². The zero-order valence-corrected chi connectivity index (χ0v) is 11.9. The molecule has 0 spiro atoms. The smallest absolute Gasteiger partial charge is 0.310 e. The monoisotopic (exact) mass is 276 g/mol. The molecular formula is C4H12AlO6P3+2. The van der Waals surface area contributed by atoms with Gasteiger partial charge in [0.25, 0.3) is 0 Å². The molecule has 0 aromatic rings. The zero-order valence-electron chi connectivity index (χ0n) is 7.77. The van der Waals surface area contributed by atoms with E-state index in [-0.39, 0.29) is 9.04 Å². The molecule has 0 amide bonds. The second kappa shape index (κ2) is 10.2. The fourth-order valence-corrected chi connectivity index (χ4v) is 5.50. The molecule has 0 aromatic carbocycles. The lowest BCUT2D eigenvalue weighted by molar-refractivity contribution is 0.499. The average molecular weight is 276 g/mol. The van der Waals surface area contributed by atoms with Gasteiger partial charge in [0, 0.05) is 0 Å². The summed E-state index contributed by atoms with van der Waals surface area (Å²) in [7, 11) is -5.13. The van der Waals surface area contributed by atoms with E-state index >= 15 is 0 Å². The van der Waals surface area contributed by atoms with Crippen molar-refractivity contribution >= 4 is 40.0 Å². The Kier molecular flexibility index (Phi) is 12.5. The third-order valence-corrected chi connectivity index (χ3v) is 7.45. The van der Waals surface area contributed by atoms with Gasteiger partial charge in [-0.1, -0.05) is 0 Å². The van der Waals surface area contributed by atoms with Gasteiger partial charge in [-0.3, -0.25) is 0 Å². The highest BCUT2D eigenvalue weighted by Crippen LogP contribution is 2.27. The molecule has 80 valence electrons. The van der Waals surface area contributed by atoms with Gasteiger partial charge in [-0.05, 0) is 23.0 Å². The van der Waals surface area contributed by atoms with E-state index in [1.54, 1.807) is 13.8 Å². The van der Waals surface area contributed by atoms with Crippen molar-refractivity contribution in [1.29, 1.82) is 0 Å². The topological polar surface area (TPSA) is 112 Å². The SMILES string of the molecule is C[CH]([AlH][CH](C)[P+](=O)O)[P+](=O)O.O=PO. The van der Waals surface area contributed by atoms with Crippen LogP contribution < -0.4 is 0 Å². The van der Waals surface area contributed by atoms with Crippen LogP contribution in [0.5, 0.6) is 0 Å². The summed E-state index contributed by atoms with van der Waals surface area (Å²) in [4.78, 5) is 24.2. The molecule has 0 bridgehead atoms. The Morgan fingerprint density at radius 1 is 1.14 bits per heavy atom. The molecule has 3 N–H and O–H groups in total. The van der Waals surface area contributed by atoms with Gasteiger partial charge in [0.15, 0.2) is 0 Å². The van der Waals surface area contributed by atoms with Gasteiger partial charge >= 0.3 is 40.0 Å². The lowest BCUT2D eigenvalue weighted by Gasteiger charge is -1.91. The highest BCUT2D eigenvalue weighted by atomic mass is 31.1. The molecule has 4 unspecified atom stereocenters. The molecule has 0 heterocycles. The predicted octanol–water partition coefficient (Wildman–Crippen LogP) is 0.770. The molecule has 0 saturated heterocycles. The van der Waals surface area contributed by atoms with Gasteiger partial charge in [0.1, 0.15) is 9.04 Å². The molecule has 0 fully saturated rings. The van der Waals surface area contributed by atoms with Gasteiger partial charge in [-0.15, -0.1) is 0 Å². The predicted molar refractivity (Wildman–Crippen MR) is 55.5 cm³/mol. The molecule has 0 aromatic heterocycles. The summed E-state index contributed by atoms with van der Waals surface area (Å²) < 4.78 is 28.9. The van der Waals surface area contributed by atoms with Crippen molar-refractivity contribution in [3.8, 4) is 0 Å². The second-order valence-corrected chi connectivity index (χ2v) is 10.1. The van der Waals surface area contributed by atoms with Crippen molar-refractivity contribution in [3.63, 3.8) is 0 Å². The summed E-state index contributed by atoms with van der Waals surface area (Å²) in [5, 5.41) is 0. The highest BCUT2D eigenvalue weighted by molar-refractivity contribution is 7.45. The summed E-state index contributed by atoms with van der Waals surface area (Å²) in [6.45, 7) is 3.31. The summed E-state index contributed by atoms with van der Waals surface area (Å²) >= 11 is -0.902. The number of rotatable bonds is 4. The van der Waals surface area contributed by atoms with Crippen molar-refractivity contribution in [2.24, 2.45) is 0 Å². The fourth-order valence-electron chi connectivity index (χ4n) is 0.674. The molecule has 0 aliphatic heterocycles. The summed E-state index contributed by atoms with van der Waals surface area (Å²) in [6.07, 6.45) is 0. The van der Waals surface area contributed by atoms with E-state index in [0.29, 0.717) is 0 Å². The number of hydrogen-bond donors (Lipinski definition) is 3. The molecule has 0 rings (SSSR count). The van der Waals surface area contributed by atoms with Gasteiger partial charge in [-0.25, -0.2) is 4.57 Å². The summed E-state index contributed by atoms with van der Waals surface area (Å²) in [6, 6.07) is 0. The molecule has 4 atom stereocenters. The lowest BCUT2D eigenvalue weighted by Crippen LogP contribution is -2.18. The maximum absolute atomic E-state index is 10.5. The minimum absolute atomic E-state index is 0.258. The van der Waals surface area contributed by atoms with E-state index < -0.39 is 40.0 Å². The maximum atomic E-state index is 10.5. The van der Waals surface area contributed by atoms with Crippen molar-refractivity contribution in [3.05, 3.63) is 0 Å². The van der Waals surface area contributed by atoms with Crippen molar-refractivity contribution in [1.82, 2.24) is 0 Å². The van der Waals surface area contributed by atoms with Crippen LogP contribution in [0.4, 0.5) is 0 Å². The van der Waals surface area contributed by atoms with E-state index in [1.807, 2.05) is 0 Å². The van der Waals surface area contributed by atoms with E-state index in [0.717, 1.165) is 0 Å². The molecule has 0 aliphatic carbocycles. The van der Waals surface area contributed by atoms with Crippen molar-refractivity contribution in [2.45, 2.75) is 22.9 Å². The van der Waals surface area contributed by atoms with Gasteiger partial charge in [0.2, 0.25) is 0 Å². The third kappa shape index (κ3) is 10.8. The van der Waals surface area contributed by atoms with Crippen molar-refractivity contribution in [2.75, 3.05) is 0 Å². The van der Waals surface area contributed by atoms with Crippen LogP contribution in [-0.2, 0) is 13.7 Å². The fraction of sp³-hybridized carbons (Fsp3) is 1.00. The molecule has 0 radical (unpaired) electrons. The minimum Gasteiger partial charge on any atom is -0.310 e. The number of hydrogen-bond acceptors (Lipinski definition) is 3. The Morgan fingerprint density at radius 3 is 1.50 bits per heavy atom. The summed E-state index contributed by atoms with van der Waals surface area (Å²) in [5.74, 6) is 0. The molecule has 14 heavy (non-hydrogen) atoms. The van der Waals surface area contributed by atoms with Crippen molar-refractivity contribution < 1.29 is 28.4 Å². The van der Waals surface area contributed by atoms with E-state index in [4.69, 9.17) is 19.2 Å². The quantitative estimate of drug-likeness (QED) is 0.516. The standard InChI is InChI=1S/2C2H5O2P.Al.HO2P.H/c2*1-2-5(3)4;;1-3-2;/h2*2H,1H3,(H,3,4);;(H,1,2);/q2*+1;;;. The van der Waals surface area contributed by atoms with Gasteiger partial charge < -0.3 is 4.89 Å². The highest BCUT2D eigenvalue weighted by Gasteiger charge is 2.37. The Hall–Kier alpha value is 0.712. The lowest BCUT2D eigenvalue weighted by atomic mass is 10.9. The zero-order chi connectivity index (χ0) is 11.7. The second-order valence-electron chi connectivity index (χ2n) is 2.62. The maximum Gasteiger partial charge on any atom is 0.491 e. The summed E-state index contributed by atoms with van der Waals surface area (Å²) in [5.41, 5.74) is 0. The minimum atomic E-state index is -2.15. The van der Waals surface area contributed by atoms with Crippen LogP contribution in [0.2, 0.25) is 0 Å². The first-order valence-electron chi connectivity index (χ1n) is 3.64. The van der Waals surface area contributed by atoms with E-state index in [2.05, 4.69) is 0 Å². The molecule has 6 nitrogen and oxygen atoms in total. The average Bonchev–Trinajstić information content (AvgIpc) is 2.05. The molecule has 0 saturated carbocycles. The van der Waals surface area contributed by atoms with Crippen LogP contribution in [-0.4, -0.2) is 38.9 Å². The largest absolute Gasteiger partial charge is 0.491 e. The normalized spacial score (nSPS) is 16.1. The molecular weight excluding hydrogens is 264 g/mol. The van der Waals surface area contributed by atoms with Crippen LogP contribution in [0.15, 0.2) is 0 Å². The Morgan fingerprint density at radius 2 is 1.36 bits per heavy atom. The van der Waals surface area contributed by atoms with E-state index in [1.165, 1.54) is 0 Å². The first kappa shape index (κ1) is 17.1. The Labute approximate surface area is 91.5 Å². The van der Waals surface area contributed by atoms with Crippen LogP contribution in [0.25, 0.3) is 0 Å². The Bertz CT molecular complexity index is 193.